The number of furan rings is 1. The maximum absolute atomic E-state index is 13.1. The Morgan fingerprint density at radius 2 is 1.78 bits per heavy atom. The highest BCUT2D eigenvalue weighted by molar-refractivity contribution is 5.86. The molecule has 1 aliphatic carbocycles. The van der Waals surface area contributed by atoms with Gasteiger partial charge in [-0.2, -0.15) is 0 Å². The van der Waals surface area contributed by atoms with Crippen molar-refractivity contribution in [2.75, 3.05) is 6.54 Å². The van der Waals surface area contributed by atoms with Gasteiger partial charge in [-0.25, -0.2) is 0 Å². The minimum Gasteiger partial charge on any atom is -0.464 e. The Morgan fingerprint density at radius 3 is 2.33 bits per heavy atom. The summed E-state index contributed by atoms with van der Waals surface area (Å²) in [4.78, 5) is 29.2. The molecule has 1 fully saturated rings. The van der Waals surface area contributed by atoms with Gasteiger partial charge in [0.2, 0.25) is 11.8 Å². The number of hydrogen-bond acceptors (Lipinski definition) is 3. The van der Waals surface area contributed by atoms with E-state index in [1.165, 1.54) is 0 Å². The highest BCUT2D eigenvalue weighted by atomic mass is 16.3. The molecule has 2 aromatic rings. The molecule has 0 unspecified atom stereocenters. The van der Waals surface area contributed by atoms with E-state index in [0.717, 1.165) is 29.9 Å². The van der Waals surface area contributed by atoms with Crippen LogP contribution in [0.1, 0.15) is 43.8 Å². The molecule has 1 heterocycles. The molecule has 0 bridgehead atoms. The van der Waals surface area contributed by atoms with Crippen molar-refractivity contribution in [2.24, 2.45) is 5.92 Å². The van der Waals surface area contributed by atoms with E-state index in [0.29, 0.717) is 13.1 Å². The Labute approximate surface area is 160 Å². The average molecular weight is 368 g/mol. The molecule has 0 N–H and O–H groups in total. The largest absolute Gasteiger partial charge is 0.464 e. The van der Waals surface area contributed by atoms with Crippen molar-refractivity contribution < 1.29 is 14.0 Å². The second-order valence-corrected chi connectivity index (χ2v) is 7.60. The van der Waals surface area contributed by atoms with Gasteiger partial charge in [-0.05, 0) is 37.5 Å². The Morgan fingerprint density at radius 1 is 1.07 bits per heavy atom. The lowest BCUT2D eigenvalue weighted by Gasteiger charge is -2.28. The summed E-state index contributed by atoms with van der Waals surface area (Å²) < 4.78 is 5.68. The molecule has 5 nitrogen and oxygen atoms in total. The van der Waals surface area contributed by atoms with E-state index >= 15 is 0 Å². The highest BCUT2D eigenvalue weighted by Crippen LogP contribution is 2.28. The first-order valence-corrected chi connectivity index (χ1v) is 9.61. The molecule has 5 heteroatoms. The molecule has 1 saturated carbocycles. The fourth-order valence-corrected chi connectivity index (χ4v) is 3.14. The lowest BCUT2D eigenvalue weighted by Crippen LogP contribution is -2.44. The van der Waals surface area contributed by atoms with Gasteiger partial charge in [-0.3, -0.25) is 9.59 Å². The number of carbonyl (C=O) groups is 2. The van der Waals surface area contributed by atoms with Crippen LogP contribution in [-0.4, -0.2) is 34.2 Å². The quantitative estimate of drug-likeness (QED) is 0.713. The zero-order valence-corrected chi connectivity index (χ0v) is 16.4. The van der Waals surface area contributed by atoms with Crippen LogP contribution in [0.3, 0.4) is 0 Å². The van der Waals surface area contributed by atoms with Gasteiger partial charge in [0.15, 0.2) is 0 Å². The van der Waals surface area contributed by atoms with Gasteiger partial charge in [-0.15, -0.1) is 0 Å². The topological polar surface area (TPSA) is 53.8 Å². The van der Waals surface area contributed by atoms with E-state index < -0.39 is 0 Å². The van der Waals surface area contributed by atoms with Crippen LogP contribution in [0, 0.1) is 12.8 Å². The first-order chi connectivity index (χ1) is 12.9. The summed E-state index contributed by atoms with van der Waals surface area (Å²) >= 11 is 0. The summed E-state index contributed by atoms with van der Waals surface area (Å²) in [6, 6.07) is 13.9. The smallest absolute Gasteiger partial charge is 0.242 e. The molecule has 0 atom stereocenters. The number of rotatable bonds is 8. The van der Waals surface area contributed by atoms with E-state index in [9.17, 15) is 9.59 Å². The van der Waals surface area contributed by atoms with Gasteiger partial charge >= 0.3 is 0 Å². The van der Waals surface area contributed by atoms with E-state index in [-0.39, 0.29) is 30.3 Å². The normalized spacial score (nSPS) is 13.6. The summed E-state index contributed by atoms with van der Waals surface area (Å²) in [5, 5.41) is 0. The van der Waals surface area contributed by atoms with Crippen molar-refractivity contribution in [1.29, 1.82) is 0 Å². The molecule has 1 aromatic carbocycles. The van der Waals surface area contributed by atoms with Crippen molar-refractivity contribution in [3.8, 4) is 0 Å². The van der Waals surface area contributed by atoms with E-state index in [2.05, 4.69) is 0 Å². The van der Waals surface area contributed by atoms with Gasteiger partial charge in [0.1, 0.15) is 18.1 Å². The summed E-state index contributed by atoms with van der Waals surface area (Å²) in [6.45, 7) is 6.69. The molecule has 144 valence electrons. The standard InChI is InChI=1S/C22H28N2O3/c1-16(2)22(26)24(19-10-11-19)15-21(25)23(13-18-7-5-4-6-8-18)14-20-12-9-17(3)27-20/h4-9,12,16,19H,10-11,13-15H2,1-3H3. The molecule has 2 amide bonds. The van der Waals surface area contributed by atoms with E-state index in [4.69, 9.17) is 4.42 Å². The number of aryl methyl sites for hydroxylation is 1. The van der Waals surface area contributed by atoms with Crippen LogP contribution in [0.4, 0.5) is 0 Å². The van der Waals surface area contributed by atoms with Gasteiger partial charge in [0.25, 0.3) is 0 Å². The predicted molar refractivity (Wildman–Crippen MR) is 104 cm³/mol. The molecule has 0 saturated heterocycles. The molecule has 27 heavy (non-hydrogen) atoms. The third-order valence-electron chi connectivity index (χ3n) is 4.78. The Balaban J connectivity index is 1.75. The molecular formula is C22H28N2O3. The van der Waals surface area contributed by atoms with E-state index in [1.54, 1.807) is 9.80 Å². The van der Waals surface area contributed by atoms with Crippen molar-refractivity contribution in [3.05, 3.63) is 59.5 Å². The van der Waals surface area contributed by atoms with E-state index in [1.807, 2.05) is 63.2 Å². The van der Waals surface area contributed by atoms with Gasteiger partial charge in [0.05, 0.1) is 6.54 Å². The second-order valence-electron chi connectivity index (χ2n) is 7.60. The zero-order chi connectivity index (χ0) is 19.4. The molecule has 0 aliphatic heterocycles. The van der Waals surface area contributed by atoms with Crippen LogP contribution >= 0.6 is 0 Å². The molecule has 1 aliphatic rings. The second kappa shape index (κ2) is 8.42. The lowest BCUT2D eigenvalue weighted by molar-refractivity contribution is -0.143. The maximum Gasteiger partial charge on any atom is 0.242 e. The number of hydrogen-bond donors (Lipinski definition) is 0. The fraction of sp³-hybridized carbons (Fsp3) is 0.455. The number of carbonyl (C=O) groups excluding carboxylic acids is 2. The predicted octanol–water partition coefficient (Wildman–Crippen LogP) is 3.76. The molecule has 3 rings (SSSR count). The summed E-state index contributed by atoms with van der Waals surface area (Å²) in [6.07, 6.45) is 1.98. The first kappa shape index (κ1) is 19.2. The average Bonchev–Trinajstić information content (AvgIpc) is 3.41. The molecule has 0 spiro atoms. The van der Waals surface area contributed by atoms with Crippen LogP contribution in [0.5, 0.6) is 0 Å². The van der Waals surface area contributed by atoms with Crippen molar-refractivity contribution in [2.45, 2.75) is 52.7 Å². The van der Waals surface area contributed by atoms with Gasteiger partial charge < -0.3 is 14.2 Å². The molecule has 0 radical (unpaired) electrons. The third kappa shape index (κ3) is 5.22. The maximum atomic E-state index is 13.1. The van der Waals surface area contributed by atoms with Gasteiger partial charge in [-0.1, -0.05) is 44.2 Å². The summed E-state index contributed by atoms with van der Waals surface area (Å²) in [5.74, 6) is 1.48. The number of amides is 2. The van der Waals surface area contributed by atoms with Crippen molar-refractivity contribution >= 4 is 11.8 Å². The van der Waals surface area contributed by atoms with Gasteiger partial charge in [0, 0.05) is 18.5 Å². The van der Waals surface area contributed by atoms with Crippen LogP contribution in [-0.2, 0) is 22.7 Å². The van der Waals surface area contributed by atoms with Crippen LogP contribution in [0.15, 0.2) is 46.9 Å². The SMILES string of the molecule is Cc1ccc(CN(Cc2ccccc2)C(=O)CN(C(=O)C(C)C)C2CC2)o1. The summed E-state index contributed by atoms with van der Waals surface area (Å²) in [7, 11) is 0. The lowest BCUT2D eigenvalue weighted by atomic mass is 10.1. The zero-order valence-electron chi connectivity index (χ0n) is 16.4. The Kier molecular flexibility index (Phi) is 5.99. The van der Waals surface area contributed by atoms with Crippen LogP contribution < -0.4 is 0 Å². The summed E-state index contributed by atoms with van der Waals surface area (Å²) in [5.41, 5.74) is 1.06. The molecular weight excluding hydrogens is 340 g/mol. The minimum absolute atomic E-state index is 0.0474. The van der Waals surface area contributed by atoms with Crippen LogP contribution in [0.25, 0.3) is 0 Å². The number of nitrogens with zero attached hydrogens (tertiary/aromatic N) is 2. The number of benzene rings is 1. The molecule has 1 aromatic heterocycles. The first-order valence-electron chi connectivity index (χ1n) is 9.61. The Hall–Kier alpha value is -2.56. The monoisotopic (exact) mass is 368 g/mol. The third-order valence-corrected chi connectivity index (χ3v) is 4.78. The fourth-order valence-electron chi connectivity index (χ4n) is 3.14. The van der Waals surface area contributed by atoms with Crippen LogP contribution in [0.2, 0.25) is 0 Å². The van der Waals surface area contributed by atoms with Crippen molar-refractivity contribution in [3.63, 3.8) is 0 Å². The Bertz CT molecular complexity index is 778. The highest BCUT2D eigenvalue weighted by Gasteiger charge is 2.35. The minimum atomic E-state index is -0.103. The van der Waals surface area contributed by atoms with Crippen molar-refractivity contribution in [1.82, 2.24) is 9.80 Å².